The van der Waals surface area contributed by atoms with Crippen LogP contribution in [0.15, 0.2) is 24.3 Å². The molecule has 0 heterocycles. The van der Waals surface area contributed by atoms with Crippen LogP contribution in [0.3, 0.4) is 0 Å². The smallest absolute Gasteiger partial charge is 0.223 e. The molecule has 0 spiro atoms. The first kappa shape index (κ1) is 14.1. The molecule has 1 atom stereocenters. The van der Waals surface area contributed by atoms with E-state index in [4.69, 9.17) is 0 Å². The Hall–Kier alpha value is -1.84. The maximum atomic E-state index is 12.0. The van der Waals surface area contributed by atoms with Crippen molar-refractivity contribution in [3.8, 4) is 0 Å². The van der Waals surface area contributed by atoms with E-state index in [9.17, 15) is 9.59 Å². The zero-order valence-corrected chi connectivity index (χ0v) is 12.2. The molecule has 0 aromatic heterocycles. The normalized spacial score (nSPS) is 20.5. The van der Waals surface area contributed by atoms with Crippen LogP contribution >= 0.6 is 0 Å². The number of rotatable bonds is 5. The molecule has 0 bridgehead atoms. The van der Waals surface area contributed by atoms with Crippen molar-refractivity contribution < 1.29 is 9.59 Å². The molecular formula is C17H22N2O2. The second kappa shape index (κ2) is 6.29. The predicted molar refractivity (Wildman–Crippen MR) is 80.6 cm³/mol. The van der Waals surface area contributed by atoms with Crippen LogP contribution in [0.1, 0.15) is 49.3 Å². The van der Waals surface area contributed by atoms with Crippen molar-refractivity contribution >= 4 is 11.8 Å². The lowest BCUT2D eigenvalue weighted by molar-refractivity contribution is -0.123. The average Bonchev–Trinajstić information content (AvgIpc) is 3.32. The molecule has 2 N–H and O–H groups in total. The fourth-order valence-corrected chi connectivity index (χ4v) is 2.96. The summed E-state index contributed by atoms with van der Waals surface area (Å²) >= 11 is 0. The van der Waals surface area contributed by atoms with E-state index in [-0.39, 0.29) is 23.8 Å². The van der Waals surface area contributed by atoms with Crippen LogP contribution in [0.4, 0.5) is 0 Å². The highest BCUT2D eigenvalue weighted by Gasteiger charge is 2.29. The first-order valence-electron chi connectivity index (χ1n) is 7.89. The molecule has 21 heavy (non-hydrogen) atoms. The summed E-state index contributed by atoms with van der Waals surface area (Å²) in [7, 11) is 0. The molecule has 4 nitrogen and oxygen atoms in total. The van der Waals surface area contributed by atoms with Gasteiger partial charge in [0.15, 0.2) is 0 Å². The summed E-state index contributed by atoms with van der Waals surface area (Å²) in [5, 5.41) is 5.94. The van der Waals surface area contributed by atoms with Crippen molar-refractivity contribution in [2.45, 2.75) is 44.6 Å². The van der Waals surface area contributed by atoms with Gasteiger partial charge < -0.3 is 10.6 Å². The Labute approximate surface area is 125 Å². The minimum atomic E-state index is 0.0211. The van der Waals surface area contributed by atoms with E-state index in [1.165, 1.54) is 11.1 Å². The lowest BCUT2D eigenvalue weighted by atomic mass is 9.88. The van der Waals surface area contributed by atoms with Gasteiger partial charge in [-0.1, -0.05) is 24.3 Å². The number of hydrogen-bond acceptors (Lipinski definition) is 2. The molecule has 2 amide bonds. The van der Waals surface area contributed by atoms with E-state index < -0.39 is 0 Å². The topological polar surface area (TPSA) is 58.2 Å². The minimum Gasteiger partial charge on any atom is -0.355 e. The van der Waals surface area contributed by atoms with Crippen LogP contribution in [0.5, 0.6) is 0 Å². The van der Waals surface area contributed by atoms with Crippen molar-refractivity contribution in [3.63, 3.8) is 0 Å². The molecule has 0 aliphatic heterocycles. The van der Waals surface area contributed by atoms with Gasteiger partial charge in [-0.15, -0.1) is 0 Å². The van der Waals surface area contributed by atoms with Gasteiger partial charge in [0, 0.05) is 18.9 Å². The summed E-state index contributed by atoms with van der Waals surface area (Å²) in [6.45, 7) is 0.440. The average molecular weight is 286 g/mol. The number of carbonyl (C=O) groups excluding carboxylic acids is 2. The Kier molecular flexibility index (Phi) is 4.23. The first-order chi connectivity index (χ1) is 10.2. The number of carbonyl (C=O) groups is 2. The Balaban J connectivity index is 1.47. The van der Waals surface area contributed by atoms with Gasteiger partial charge >= 0.3 is 0 Å². The molecule has 1 aromatic rings. The highest BCUT2D eigenvalue weighted by molar-refractivity contribution is 5.82. The molecule has 1 aromatic carbocycles. The van der Waals surface area contributed by atoms with E-state index in [0.29, 0.717) is 13.0 Å². The Morgan fingerprint density at radius 3 is 2.76 bits per heavy atom. The maximum absolute atomic E-state index is 12.0. The summed E-state index contributed by atoms with van der Waals surface area (Å²) in [6.07, 6.45) is 5.56. The Morgan fingerprint density at radius 2 is 1.95 bits per heavy atom. The van der Waals surface area contributed by atoms with Gasteiger partial charge in [0.1, 0.15) is 0 Å². The second-order valence-electron chi connectivity index (χ2n) is 6.03. The van der Waals surface area contributed by atoms with Gasteiger partial charge in [0.2, 0.25) is 11.8 Å². The first-order valence-corrected chi connectivity index (χ1v) is 7.89. The van der Waals surface area contributed by atoms with Gasteiger partial charge in [-0.25, -0.2) is 0 Å². The van der Waals surface area contributed by atoms with E-state index in [1.54, 1.807) is 0 Å². The standard InChI is InChI=1S/C17H22N2O2/c20-16(10-11-18-17(21)13-8-9-13)19-15-7-3-5-12-4-1-2-6-14(12)15/h1-2,4,6,13,15H,3,5,7-11H2,(H,18,21)(H,19,20). The fourth-order valence-electron chi connectivity index (χ4n) is 2.96. The molecule has 112 valence electrons. The number of amides is 2. The lowest BCUT2D eigenvalue weighted by Gasteiger charge is -2.26. The molecule has 1 unspecified atom stereocenters. The monoisotopic (exact) mass is 286 g/mol. The summed E-state index contributed by atoms with van der Waals surface area (Å²) < 4.78 is 0. The molecule has 0 radical (unpaired) electrons. The van der Waals surface area contributed by atoms with Crippen LogP contribution in [0, 0.1) is 5.92 Å². The van der Waals surface area contributed by atoms with Gasteiger partial charge in [-0.05, 0) is 43.2 Å². The number of hydrogen-bond donors (Lipinski definition) is 2. The van der Waals surface area contributed by atoms with Gasteiger partial charge in [-0.2, -0.15) is 0 Å². The van der Waals surface area contributed by atoms with Crippen LogP contribution in [0.25, 0.3) is 0 Å². The zero-order valence-electron chi connectivity index (χ0n) is 12.2. The van der Waals surface area contributed by atoms with E-state index >= 15 is 0 Å². The lowest BCUT2D eigenvalue weighted by Crippen LogP contribution is -2.34. The van der Waals surface area contributed by atoms with E-state index in [0.717, 1.165) is 32.1 Å². The van der Waals surface area contributed by atoms with Crippen molar-refractivity contribution in [1.82, 2.24) is 10.6 Å². The molecule has 2 aliphatic rings. The third-order valence-corrected chi connectivity index (χ3v) is 4.30. The van der Waals surface area contributed by atoms with Crippen LogP contribution in [-0.4, -0.2) is 18.4 Å². The molecule has 1 fully saturated rings. The summed E-state index contributed by atoms with van der Waals surface area (Å²) in [5.74, 6) is 0.330. The van der Waals surface area contributed by atoms with Gasteiger partial charge in [0.25, 0.3) is 0 Å². The maximum Gasteiger partial charge on any atom is 0.223 e. The van der Waals surface area contributed by atoms with E-state index in [2.05, 4.69) is 28.8 Å². The summed E-state index contributed by atoms with van der Waals surface area (Å²) in [4.78, 5) is 23.5. The number of fused-ring (bicyclic) bond motifs is 1. The Bertz CT molecular complexity index is 537. The van der Waals surface area contributed by atoms with Crippen LogP contribution < -0.4 is 10.6 Å². The van der Waals surface area contributed by atoms with Crippen molar-refractivity contribution in [1.29, 1.82) is 0 Å². The van der Waals surface area contributed by atoms with Gasteiger partial charge in [-0.3, -0.25) is 9.59 Å². The quantitative estimate of drug-likeness (QED) is 0.871. The highest BCUT2D eigenvalue weighted by atomic mass is 16.2. The molecule has 2 aliphatic carbocycles. The summed E-state index contributed by atoms with van der Waals surface area (Å²) in [5.41, 5.74) is 2.59. The van der Waals surface area contributed by atoms with Crippen LogP contribution in [0.2, 0.25) is 0 Å². The number of nitrogens with one attached hydrogen (secondary N) is 2. The molecule has 1 saturated carbocycles. The third kappa shape index (κ3) is 3.63. The predicted octanol–water partition coefficient (Wildman–Crippen LogP) is 2.10. The SMILES string of the molecule is O=C(CCNC(=O)C1CC1)NC1CCCc2ccccc21. The van der Waals surface area contributed by atoms with Crippen molar-refractivity contribution in [2.75, 3.05) is 6.54 Å². The molecule has 4 heteroatoms. The highest BCUT2D eigenvalue weighted by Crippen LogP contribution is 2.29. The number of aryl methyl sites for hydroxylation is 1. The molecule has 3 rings (SSSR count). The summed E-state index contributed by atoms with van der Waals surface area (Å²) in [6, 6.07) is 8.45. The van der Waals surface area contributed by atoms with E-state index in [1.807, 2.05) is 6.07 Å². The minimum absolute atomic E-state index is 0.0211. The third-order valence-electron chi connectivity index (χ3n) is 4.30. The van der Waals surface area contributed by atoms with Crippen LogP contribution in [-0.2, 0) is 16.0 Å². The van der Waals surface area contributed by atoms with Gasteiger partial charge in [0.05, 0.1) is 6.04 Å². The van der Waals surface area contributed by atoms with Crippen molar-refractivity contribution in [3.05, 3.63) is 35.4 Å². The van der Waals surface area contributed by atoms with Crippen molar-refractivity contribution in [2.24, 2.45) is 5.92 Å². The number of benzene rings is 1. The fraction of sp³-hybridized carbons (Fsp3) is 0.529. The largest absolute Gasteiger partial charge is 0.355 e. The molecule has 0 saturated heterocycles. The molecular weight excluding hydrogens is 264 g/mol. The zero-order chi connectivity index (χ0) is 14.7. The Morgan fingerprint density at radius 1 is 1.14 bits per heavy atom. The second-order valence-corrected chi connectivity index (χ2v) is 6.03.